The van der Waals surface area contributed by atoms with E-state index in [1.165, 1.54) is 0 Å². The normalized spacial score (nSPS) is 41.7. The molecule has 4 heteroatoms. The smallest absolute Gasteiger partial charge is 0.144 e. The third-order valence-corrected chi connectivity index (χ3v) is 1.87. The number of alkyl halides is 2. The Morgan fingerprint density at radius 1 is 1.70 bits per heavy atom. The Morgan fingerprint density at radius 3 is 2.80 bits per heavy atom. The highest BCUT2D eigenvalue weighted by molar-refractivity contribution is 4.91. The molecule has 2 nitrogen and oxygen atoms in total. The lowest BCUT2D eigenvalue weighted by atomic mass is 9.92. The van der Waals surface area contributed by atoms with Crippen molar-refractivity contribution in [2.75, 3.05) is 19.8 Å². The van der Waals surface area contributed by atoms with E-state index in [9.17, 15) is 8.78 Å². The van der Waals surface area contributed by atoms with Crippen molar-refractivity contribution in [1.29, 1.82) is 0 Å². The minimum absolute atomic E-state index is 0.0560. The number of hydrogen-bond donors (Lipinski definition) is 2. The molecule has 0 aliphatic carbocycles. The predicted octanol–water partition coefficient (Wildman–Crippen LogP) is 0.0184. The van der Waals surface area contributed by atoms with Crippen LogP contribution in [0.5, 0.6) is 0 Å². The van der Waals surface area contributed by atoms with Crippen LogP contribution in [0.1, 0.15) is 6.42 Å². The van der Waals surface area contributed by atoms with Gasteiger partial charge in [-0.1, -0.05) is 0 Å². The first-order valence-electron chi connectivity index (χ1n) is 3.32. The van der Waals surface area contributed by atoms with Crippen LogP contribution in [0.2, 0.25) is 0 Å². The van der Waals surface area contributed by atoms with Gasteiger partial charge in [-0.05, 0) is 13.0 Å². The number of rotatable bonds is 1. The fourth-order valence-electron chi connectivity index (χ4n) is 1.03. The quantitative estimate of drug-likeness (QED) is 0.553. The van der Waals surface area contributed by atoms with Crippen molar-refractivity contribution in [2.24, 2.45) is 0 Å². The average Bonchev–Trinajstić information content (AvgIpc) is 1.96. The van der Waals surface area contributed by atoms with Crippen LogP contribution in [-0.2, 0) is 0 Å². The van der Waals surface area contributed by atoms with Crippen molar-refractivity contribution in [3.8, 4) is 0 Å². The van der Waals surface area contributed by atoms with Crippen LogP contribution in [0.25, 0.3) is 0 Å². The molecular weight excluding hydrogens is 140 g/mol. The van der Waals surface area contributed by atoms with Gasteiger partial charge in [-0.25, -0.2) is 8.78 Å². The van der Waals surface area contributed by atoms with Gasteiger partial charge in [0, 0.05) is 6.54 Å². The molecule has 1 fully saturated rings. The van der Waals surface area contributed by atoms with Gasteiger partial charge in [0.15, 0.2) is 0 Å². The molecule has 0 aromatic rings. The van der Waals surface area contributed by atoms with Gasteiger partial charge in [0.1, 0.15) is 18.4 Å². The Labute approximate surface area is 58.2 Å². The molecule has 2 atom stereocenters. The summed E-state index contributed by atoms with van der Waals surface area (Å²) in [5.74, 6) is 0. The van der Waals surface area contributed by atoms with E-state index in [-0.39, 0.29) is 13.0 Å². The van der Waals surface area contributed by atoms with E-state index >= 15 is 0 Å². The van der Waals surface area contributed by atoms with Crippen molar-refractivity contribution in [3.63, 3.8) is 0 Å². The summed E-state index contributed by atoms with van der Waals surface area (Å²) in [7, 11) is 0. The van der Waals surface area contributed by atoms with Crippen molar-refractivity contribution >= 4 is 0 Å². The molecule has 60 valence electrons. The van der Waals surface area contributed by atoms with Crippen LogP contribution in [-0.4, -0.2) is 36.6 Å². The van der Waals surface area contributed by atoms with Gasteiger partial charge >= 0.3 is 0 Å². The highest BCUT2D eigenvalue weighted by Gasteiger charge is 2.39. The fourth-order valence-corrected chi connectivity index (χ4v) is 1.03. The summed E-state index contributed by atoms with van der Waals surface area (Å²) in [4.78, 5) is 0. The first-order valence-corrected chi connectivity index (χ1v) is 3.32. The van der Waals surface area contributed by atoms with Gasteiger partial charge in [0.25, 0.3) is 0 Å². The first-order chi connectivity index (χ1) is 4.69. The topological polar surface area (TPSA) is 32.3 Å². The molecule has 1 saturated heterocycles. The second kappa shape index (κ2) is 2.80. The zero-order valence-electron chi connectivity index (χ0n) is 5.61. The molecule has 1 aliphatic heterocycles. The van der Waals surface area contributed by atoms with E-state index in [0.717, 1.165) is 0 Å². The number of hydrogen-bond acceptors (Lipinski definition) is 2. The molecule has 0 radical (unpaired) electrons. The highest BCUT2D eigenvalue weighted by atomic mass is 19.1. The summed E-state index contributed by atoms with van der Waals surface area (Å²) in [6, 6.07) is 0. The minimum atomic E-state index is -1.72. The molecule has 0 saturated carbocycles. The predicted molar refractivity (Wildman–Crippen MR) is 33.3 cm³/mol. The zero-order chi connectivity index (χ0) is 7.61. The minimum Gasteiger partial charge on any atom is -0.384 e. The van der Waals surface area contributed by atoms with E-state index in [2.05, 4.69) is 5.32 Å². The largest absolute Gasteiger partial charge is 0.384 e. The van der Waals surface area contributed by atoms with Gasteiger partial charge in [0.05, 0.1) is 0 Å². The summed E-state index contributed by atoms with van der Waals surface area (Å²) < 4.78 is 24.7. The molecule has 10 heavy (non-hydrogen) atoms. The maximum absolute atomic E-state index is 12.7. The first kappa shape index (κ1) is 7.88. The second-order valence-corrected chi connectivity index (χ2v) is 2.66. The third kappa shape index (κ3) is 1.27. The molecule has 0 aromatic carbocycles. The summed E-state index contributed by atoms with van der Waals surface area (Å²) in [5, 5.41) is 11.9. The summed E-state index contributed by atoms with van der Waals surface area (Å²) >= 11 is 0. The highest BCUT2D eigenvalue weighted by Crippen LogP contribution is 2.21. The van der Waals surface area contributed by atoms with Crippen LogP contribution in [0.15, 0.2) is 0 Å². The Morgan fingerprint density at radius 2 is 2.40 bits per heavy atom. The Hall–Kier alpha value is -0.220. The summed E-state index contributed by atoms with van der Waals surface area (Å²) in [6.45, 7) is -0.447. The Kier molecular flexibility index (Phi) is 2.21. The zero-order valence-corrected chi connectivity index (χ0v) is 5.61. The van der Waals surface area contributed by atoms with E-state index in [1.807, 2.05) is 0 Å². The van der Waals surface area contributed by atoms with Crippen LogP contribution < -0.4 is 5.32 Å². The lowest BCUT2D eigenvalue weighted by Crippen LogP contribution is -2.53. The van der Waals surface area contributed by atoms with Crippen LogP contribution in [0.3, 0.4) is 0 Å². The lowest BCUT2D eigenvalue weighted by molar-refractivity contribution is -0.0702. The van der Waals surface area contributed by atoms with E-state index < -0.39 is 18.4 Å². The van der Waals surface area contributed by atoms with Crippen molar-refractivity contribution in [3.05, 3.63) is 0 Å². The Balaban J connectivity index is 2.54. The summed E-state index contributed by atoms with van der Waals surface area (Å²) in [6.07, 6.45) is -1.31. The molecule has 0 amide bonds. The van der Waals surface area contributed by atoms with Gasteiger partial charge in [0.2, 0.25) is 0 Å². The maximum atomic E-state index is 12.7. The number of piperidine rings is 1. The SMILES string of the molecule is O[C@]1(CF)CCNC[C@@H]1F. The van der Waals surface area contributed by atoms with Crippen molar-refractivity contribution in [1.82, 2.24) is 5.32 Å². The molecule has 0 spiro atoms. The molecular formula is C6H11F2NO. The van der Waals surface area contributed by atoms with E-state index in [1.54, 1.807) is 0 Å². The molecule has 1 rings (SSSR count). The molecule has 0 unspecified atom stereocenters. The van der Waals surface area contributed by atoms with E-state index in [4.69, 9.17) is 5.11 Å². The molecule has 0 bridgehead atoms. The van der Waals surface area contributed by atoms with Gasteiger partial charge < -0.3 is 10.4 Å². The maximum Gasteiger partial charge on any atom is 0.144 e. The molecule has 1 aliphatic rings. The molecule has 0 aromatic heterocycles. The third-order valence-electron chi connectivity index (χ3n) is 1.87. The number of halogens is 2. The van der Waals surface area contributed by atoms with Gasteiger partial charge in [-0.15, -0.1) is 0 Å². The van der Waals surface area contributed by atoms with Crippen LogP contribution in [0, 0.1) is 0 Å². The number of nitrogens with one attached hydrogen (secondary N) is 1. The van der Waals surface area contributed by atoms with Crippen LogP contribution >= 0.6 is 0 Å². The van der Waals surface area contributed by atoms with Crippen molar-refractivity contribution < 1.29 is 13.9 Å². The second-order valence-electron chi connectivity index (χ2n) is 2.66. The standard InChI is InChI=1S/C6H11F2NO/c7-4-6(10)1-2-9-3-5(6)8/h5,9-10H,1-4H2/t5-,6-/m0/s1. The lowest BCUT2D eigenvalue weighted by Gasteiger charge is -2.33. The monoisotopic (exact) mass is 151 g/mol. The van der Waals surface area contributed by atoms with E-state index in [0.29, 0.717) is 6.54 Å². The fraction of sp³-hybridized carbons (Fsp3) is 1.00. The van der Waals surface area contributed by atoms with Crippen molar-refractivity contribution in [2.45, 2.75) is 18.2 Å². The summed E-state index contributed by atoms with van der Waals surface area (Å²) in [5.41, 5.74) is -1.72. The van der Waals surface area contributed by atoms with Crippen LogP contribution in [0.4, 0.5) is 8.78 Å². The molecule has 2 N–H and O–H groups in total. The molecule has 1 heterocycles. The number of aliphatic hydroxyl groups is 1. The Bertz CT molecular complexity index is 122. The van der Waals surface area contributed by atoms with Gasteiger partial charge in [-0.3, -0.25) is 0 Å². The average molecular weight is 151 g/mol. The van der Waals surface area contributed by atoms with Gasteiger partial charge in [-0.2, -0.15) is 0 Å².